The van der Waals surface area contributed by atoms with Crippen LogP contribution in [0.4, 0.5) is 5.82 Å². The summed E-state index contributed by atoms with van der Waals surface area (Å²) in [6.45, 7) is 1.93. The molecule has 0 saturated heterocycles. The fraction of sp³-hybridized carbons (Fsp3) is 0.222. The molecule has 16 heavy (non-hydrogen) atoms. The van der Waals surface area contributed by atoms with Crippen LogP contribution in [0.25, 0.3) is 0 Å². The van der Waals surface area contributed by atoms with E-state index in [0.29, 0.717) is 11.6 Å². The lowest BCUT2D eigenvalue weighted by molar-refractivity contribution is -0.115. The summed E-state index contributed by atoms with van der Waals surface area (Å²) in [6, 6.07) is 3.64. The molecule has 7 nitrogen and oxygen atoms in total. The zero-order chi connectivity index (χ0) is 11.4. The number of H-pyrrole nitrogens is 1. The third-order valence-electron chi connectivity index (χ3n) is 1.89. The predicted octanol–water partition coefficient (Wildman–Crippen LogP) is 0.0843. The summed E-state index contributed by atoms with van der Waals surface area (Å²) in [6.07, 6.45) is 1.71. The maximum absolute atomic E-state index is 11.5. The summed E-state index contributed by atoms with van der Waals surface area (Å²) in [5.74, 6) is 0.651. The zero-order valence-electron chi connectivity index (χ0n) is 8.64. The van der Waals surface area contributed by atoms with E-state index in [0.717, 1.165) is 5.56 Å². The summed E-state index contributed by atoms with van der Waals surface area (Å²) >= 11 is 0. The molecule has 0 saturated carbocycles. The molecule has 0 aromatic carbocycles. The Morgan fingerprint density at radius 3 is 3.12 bits per heavy atom. The Labute approximate surface area is 91.3 Å². The van der Waals surface area contributed by atoms with Gasteiger partial charge in [0.2, 0.25) is 5.91 Å². The number of aromatic nitrogens is 5. The summed E-state index contributed by atoms with van der Waals surface area (Å²) in [5, 5.41) is 15.7. The van der Waals surface area contributed by atoms with Crippen molar-refractivity contribution in [2.24, 2.45) is 0 Å². The number of hydrogen-bond acceptors (Lipinski definition) is 5. The average Bonchev–Trinajstić information content (AvgIpc) is 2.70. The van der Waals surface area contributed by atoms with Crippen LogP contribution in [0, 0.1) is 6.92 Å². The first-order valence-electron chi connectivity index (χ1n) is 4.69. The van der Waals surface area contributed by atoms with Gasteiger partial charge in [-0.25, -0.2) is 4.98 Å². The van der Waals surface area contributed by atoms with Gasteiger partial charge in [-0.3, -0.25) is 4.79 Å². The van der Waals surface area contributed by atoms with Gasteiger partial charge < -0.3 is 5.32 Å². The Bertz CT molecular complexity index is 481. The Morgan fingerprint density at radius 2 is 2.44 bits per heavy atom. The van der Waals surface area contributed by atoms with Crippen molar-refractivity contribution in [1.82, 2.24) is 25.6 Å². The van der Waals surface area contributed by atoms with Gasteiger partial charge in [0.25, 0.3) is 0 Å². The number of nitrogens with zero attached hydrogens (tertiary/aromatic N) is 4. The number of amides is 1. The van der Waals surface area contributed by atoms with E-state index in [4.69, 9.17) is 0 Å². The van der Waals surface area contributed by atoms with Gasteiger partial charge in [-0.05, 0) is 24.6 Å². The zero-order valence-corrected chi connectivity index (χ0v) is 8.64. The Kier molecular flexibility index (Phi) is 2.86. The minimum atomic E-state index is -0.223. The molecule has 0 aliphatic heterocycles. The Hall–Kier alpha value is -2.31. The highest BCUT2D eigenvalue weighted by atomic mass is 16.1. The highest BCUT2D eigenvalue weighted by molar-refractivity contribution is 5.90. The number of carbonyl (C=O) groups excluding carboxylic acids is 1. The van der Waals surface area contributed by atoms with Crippen molar-refractivity contribution in [1.29, 1.82) is 0 Å². The standard InChI is InChI=1S/C9H10N6O/c1-6-2-3-10-7(4-6)11-9(16)5-8-12-14-15-13-8/h2-4H,5H2,1H3,(H,10,11,16)(H,12,13,14,15). The molecule has 2 aromatic heterocycles. The van der Waals surface area contributed by atoms with Crippen LogP contribution in [0.2, 0.25) is 0 Å². The third-order valence-corrected chi connectivity index (χ3v) is 1.89. The van der Waals surface area contributed by atoms with E-state index in [9.17, 15) is 4.79 Å². The molecule has 1 amide bonds. The summed E-state index contributed by atoms with van der Waals surface area (Å²) in [5.41, 5.74) is 1.03. The number of hydrogen-bond donors (Lipinski definition) is 2. The lowest BCUT2D eigenvalue weighted by atomic mass is 10.3. The second-order valence-corrected chi connectivity index (χ2v) is 3.27. The SMILES string of the molecule is Cc1ccnc(NC(=O)Cc2nn[nH]n2)c1. The minimum absolute atomic E-state index is 0.0755. The molecule has 2 aromatic rings. The molecule has 0 bridgehead atoms. The first kappa shape index (κ1) is 10.2. The largest absolute Gasteiger partial charge is 0.310 e. The number of anilines is 1. The Morgan fingerprint density at radius 1 is 1.56 bits per heavy atom. The number of tetrazole rings is 1. The van der Waals surface area contributed by atoms with Gasteiger partial charge in [-0.1, -0.05) is 5.21 Å². The number of aryl methyl sites for hydroxylation is 1. The molecule has 0 aliphatic carbocycles. The molecule has 0 aliphatic rings. The lowest BCUT2D eigenvalue weighted by Gasteiger charge is -2.02. The first-order valence-corrected chi connectivity index (χ1v) is 4.69. The topological polar surface area (TPSA) is 96.5 Å². The molecule has 0 fully saturated rings. The molecule has 0 radical (unpaired) electrons. The maximum Gasteiger partial charge on any atom is 0.233 e. The fourth-order valence-corrected chi connectivity index (χ4v) is 1.19. The minimum Gasteiger partial charge on any atom is -0.310 e. The molecule has 2 N–H and O–H groups in total. The number of carbonyl (C=O) groups is 1. The maximum atomic E-state index is 11.5. The van der Waals surface area contributed by atoms with Crippen molar-refractivity contribution < 1.29 is 4.79 Å². The van der Waals surface area contributed by atoms with Gasteiger partial charge in [-0.2, -0.15) is 5.21 Å². The number of nitrogens with one attached hydrogen (secondary N) is 2. The molecular formula is C9H10N6O. The third kappa shape index (κ3) is 2.59. The predicted molar refractivity (Wildman–Crippen MR) is 55.5 cm³/mol. The molecule has 2 rings (SSSR count). The monoisotopic (exact) mass is 218 g/mol. The van der Waals surface area contributed by atoms with Gasteiger partial charge in [0.1, 0.15) is 5.82 Å². The van der Waals surface area contributed by atoms with E-state index in [1.807, 2.05) is 13.0 Å². The number of rotatable bonds is 3. The van der Waals surface area contributed by atoms with Crippen LogP contribution < -0.4 is 5.32 Å². The first-order chi connectivity index (χ1) is 7.74. The summed E-state index contributed by atoms with van der Waals surface area (Å²) in [4.78, 5) is 15.5. The highest BCUT2D eigenvalue weighted by Gasteiger charge is 2.07. The molecule has 7 heteroatoms. The fourth-order valence-electron chi connectivity index (χ4n) is 1.19. The van der Waals surface area contributed by atoms with Crippen molar-refractivity contribution in [3.63, 3.8) is 0 Å². The van der Waals surface area contributed by atoms with Gasteiger partial charge in [0.05, 0.1) is 6.42 Å². The van der Waals surface area contributed by atoms with Crippen molar-refractivity contribution in [2.45, 2.75) is 13.3 Å². The van der Waals surface area contributed by atoms with Crippen molar-refractivity contribution in [2.75, 3.05) is 5.32 Å². The summed E-state index contributed by atoms with van der Waals surface area (Å²) < 4.78 is 0. The molecule has 0 spiro atoms. The lowest BCUT2D eigenvalue weighted by Crippen LogP contribution is -2.16. The second-order valence-electron chi connectivity index (χ2n) is 3.27. The number of aromatic amines is 1. The second kappa shape index (κ2) is 4.47. The van der Waals surface area contributed by atoms with Crippen LogP contribution in [0.5, 0.6) is 0 Å². The van der Waals surface area contributed by atoms with E-state index >= 15 is 0 Å². The molecule has 82 valence electrons. The van der Waals surface area contributed by atoms with Crippen LogP contribution in [0.1, 0.15) is 11.4 Å². The molecular weight excluding hydrogens is 208 g/mol. The van der Waals surface area contributed by atoms with Gasteiger partial charge in [0.15, 0.2) is 5.82 Å². The van der Waals surface area contributed by atoms with Crippen molar-refractivity contribution in [3.05, 3.63) is 29.7 Å². The van der Waals surface area contributed by atoms with Crippen LogP contribution in [-0.2, 0) is 11.2 Å². The smallest absolute Gasteiger partial charge is 0.233 e. The van der Waals surface area contributed by atoms with E-state index in [1.165, 1.54) is 0 Å². The quantitative estimate of drug-likeness (QED) is 0.760. The molecule has 0 unspecified atom stereocenters. The van der Waals surface area contributed by atoms with Crippen LogP contribution >= 0.6 is 0 Å². The van der Waals surface area contributed by atoms with Crippen LogP contribution in [-0.4, -0.2) is 31.5 Å². The van der Waals surface area contributed by atoms with Crippen molar-refractivity contribution in [3.8, 4) is 0 Å². The number of pyridine rings is 1. The molecule has 2 heterocycles. The normalized spacial score (nSPS) is 10.1. The van der Waals surface area contributed by atoms with E-state index in [1.54, 1.807) is 12.3 Å². The summed E-state index contributed by atoms with van der Waals surface area (Å²) in [7, 11) is 0. The average molecular weight is 218 g/mol. The van der Waals surface area contributed by atoms with Gasteiger partial charge >= 0.3 is 0 Å². The van der Waals surface area contributed by atoms with E-state index in [2.05, 4.69) is 30.9 Å². The molecule has 0 atom stereocenters. The van der Waals surface area contributed by atoms with Crippen molar-refractivity contribution >= 4 is 11.7 Å². The van der Waals surface area contributed by atoms with Gasteiger partial charge in [0, 0.05) is 6.20 Å². The van der Waals surface area contributed by atoms with E-state index < -0.39 is 0 Å². The van der Waals surface area contributed by atoms with Gasteiger partial charge in [-0.15, -0.1) is 10.2 Å². The highest BCUT2D eigenvalue weighted by Crippen LogP contribution is 2.05. The van der Waals surface area contributed by atoms with Crippen LogP contribution in [0.3, 0.4) is 0 Å². The Balaban J connectivity index is 1.97. The van der Waals surface area contributed by atoms with E-state index in [-0.39, 0.29) is 12.3 Å². The van der Waals surface area contributed by atoms with Crippen LogP contribution in [0.15, 0.2) is 18.3 Å².